The molecular weight excluding hydrogens is 360 g/mol. The van der Waals surface area contributed by atoms with Crippen LogP contribution < -0.4 is 10.9 Å². The Hall–Kier alpha value is -1.92. The molecule has 2 saturated heterocycles. The number of carbonyl (C=O) groups excluding carboxylic acids is 1. The van der Waals surface area contributed by atoms with Crippen LogP contribution in [0.4, 0.5) is 0 Å². The van der Waals surface area contributed by atoms with Crippen LogP contribution in [-0.2, 0) is 11.2 Å². The molecule has 2 atom stereocenters. The first-order chi connectivity index (χ1) is 13.2. The number of benzene rings is 2. The molecule has 2 aromatic carbocycles. The highest BCUT2D eigenvalue weighted by atomic mass is 35.5. The molecule has 2 N–H and O–H groups in total. The molecule has 2 heterocycles. The lowest BCUT2D eigenvalue weighted by Crippen LogP contribution is -2.55. The van der Waals surface area contributed by atoms with Gasteiger partial charge < -0.3 is 4.90 Å². The minimum Gasteiger partial charge on any atom is -0.340 e. The summed E-state index contributed by atoms with van der Waals surface area (Å²) in [6, 6.07) is 18.4. The van der Waals surface area contributed by atoms with Crippen molar-refractivity contribution in [3.63, 3.8) is 0 Å². The van der Waals surface area contributed by atoms with E-state index < -0.39 is 0 Å². The molecule has 4 rings (SSSR count). The number of amides is 1. The maximum absolute atomic E-state index is 12.6. The number of nitrogens with one attached hydrogen (secondary N) is 2. The summed E-state index contributed by atoms with van der Waals surface area (Å²) in [6.45, 7) is 3.35. The van der Waals surface area contributed by atoms with E-state index in [2.05, 4.69) is 40.0 Å². The Bertz CT molecular complexity index is 760. The molecule has 142 valence electrons. The van der Waals surface area contributed by atoms with Crippen molar-refractivity contribution in [1.29, 1.82) is 0 Å². The fourth-order valence-electron chi connectivity index (χ4n) is 3.85. The summed E-state index contributed by atoms with van der Waals surface area (Å²) in [5, 5.41) is 0.700. The standard InChI is InChI=1S/C21H25ClN4O/c22-18-8-6-16(7-9-18)14-21(27)26-12-10-25(11-13-26)20-15-19(23-24-20)17-4-2-1-3-5-17/h1-9,19-20,23-24H,10-15H2. The SMILES string of the molecule is O=C(Cc1ccc(Cl)cc1)N1CCN(C2CC(c3ccccc3)NN2)CC1. The van der Waals surface area contributed by atoms with Gasteiger partial charge in [-0.15, -0.1) is 0 Å². The summed E-state index contributed by atoms with van der Waals surface area (Å²) >= 11 is 5.91. The third-order valence-corrected chi connectivity index (χ3v) is 5.71. The van der Waals surface area contributed by atoms with Gasteiger partial charge in [0.1, 0.15) is 0 Å². The maximum atomic E-state index is 12.6. The molecule has 0 saturated carbocycles. The summed E-state index contributed by atoms with van der Waals surface area (Å²) in [4.78, 5) is 17.0. The average Bonchev–Trinajstić information content (AvgIpc) is 3.21. The molecule has 0 aromatic heterocycles. The Morgan fingerprint density at radius 1 is 0.963 bits per heavy atom. The molecule has 2 aliphatic heterocycles. The van der Waals surface area contributed by atoms with Crippen LogP contribution in [-0.4, -0.2) is 48.1 Å². The van der Waals surface area contributed by atoms with Crippen LogP contribution in [0.3, 0.4) is 0 Å². The quantitative estimate of drug-likeness (QED) is 0.850. The van der Waals surface area contributed by atoms with Gasteiger partial charge in [-0.1, -0.05) is 54.1 Å². The van der Waals surface area contributed by atoms with Crippen LogP contribution in [0, 0.1) is 0 Å². The number of hydrogen-bond acceptors (Lipinski definition) is 4. The number of halogens is 1. The average molecular weight is 385 g/mol. The minimum absolute atomic E-state index is 0.191. The highest BCUT2D eigenvalue weighted by molar-refractivity contribution is 6.30. The Balaban J connectivity index is 1.26. The van der Waals surface area contributed by atoms with Crippen LogP contribution in [0.1, 0.15) is 23.6 Å². The van der Waals surface area contributed by atoms with Crippen LogP contribution in [0.2, 0.25) is 5.02 Å². The molecule has 0 spiro atoms. The molecule has 2 aromatic rings. The van der Waals surface area contributed by atoms with Crippen molar-refractivity contribution in [3.05, 3.63) is 70.7 Å². The van der Waals surface area contributed by atoms with E-state index in [0.29, 0.717) is 23.7 Å². The lowest BCUT2D eigenvalue weighted by Gasteiger charge is -2.37. The Morgan fingerprint density at radius 2 is 1.67 bits per heavy atom. The topological polar surface area (TPSA) is 47.6 Å². The van der Waals surface area contributed by atoms with Crippen LogP contribution in [0.15, 0.2) is 54.6 Å². The van der Waals surface area contributed by atoms with E-state index in [1.54, 1.807) is 0 Å². The lowest BCUT2D eigenvalue weighted by molar-refractivity contribution is -0.132. The second-order valence-electron chi connectivity index (χ2n) is 7.22. The molecule has 0 aliphatic carbocycles. The van der Waals surface area contributed by atoms with Crippen molar-refractivity contribution in [3.8, 4) is 0 Å². The molecule has 2 aliphatic rings. The molecule has 2 fully saturated rings. The van der Waals surface area contributed by atoms with Crippen molar-refractivity contribution in [2.45, 2.75) is 25.0 Å². The van der Waals surface area contributed by atoms with Crippen LogP contribution >= 0.6 is 11.6 Å². The smallest absolute Gasteiger partial charge is 0.227 e. The van der Waals surface area contributed by atoms with Gasteiger partial charge in [0.15, 0.2) is 0 Å². The normalized spacial score (nSPS) is 23.5. The maximum Gasteiger partial charge on any atom is 0.227 e. The van der Waals surface area contributed by atoms with Gasteiger partial charge in [-0.25, -0.2) is 10.9 Å². The molecule has 2 unspecified atom stereocenters. The van der Waals surface area contributed by atoms with E-state index >= 15 is 0 Å². The predicted molar refractivity (Wildman–Crippen MR) is 107 cm³/mol. The van der Waals surface area contributed by atoms with Crippen LogP contribution in [0.25, 0.3) is 0 Å². The van der Waals surface area contributed by atoms with Crippen molar-refractivity contribution >= 4 is 17.5 Å². The molecule has 6 heteroatoms. The number of carbonyl (C=O) groups is 1. The Labute approximate surface area is 165 Å². The van der Waals surface area contributed by atoms with Gasteiger partial charge in [0, 0.05) is 37.2 Å². The summed E-state index contributed by atoms with van der Waals surface area (Å²) in [6.07, 6.45) is 1.78. The second kappa shape index (κ2) is 8.40. The number of piperazine rings is 1. The molecule has 5 nitrogen and oxygen atoms in total. The molecule has 1 amide bonds. The Morgan fingerprint density at radius 3 is 2.37 bits per heavy atom. The zero-order valence-electron chi connectivity index (χ0n) is 15.3. The van der Waals surface area contributed by atoms with E-state index in [1.165, 1.54) is 5.56 Å². The largest absolute Gasteiger partial charge is 0.340 e. The molecule has 27 heavy (non-hydrogen) atoms. The summed E-state index contributed by atoms with van der Waals surface area (Å²) in [7, 11) is 0. The monoisotopic (exact) mass is 384 g/mol. The molecular formula is C21H25ClN4O. The fourth-order valence-corrected chi connectivity index (χ4v) is 3.98. The minimum atomic E-state index is 0.191. The first kappa shape index (κ1) is 18.4. The third-order valence-electron chi connectivity index (χ3n) is 5.46. The van der Waals surface area contributed by atoms with Crippen molar-refractivity contribution in [1.82, 2.24) is 20.7 Å². The van der Waals surface area contributed by atoms with Gasteiger partial charge in [0.2, 0.25) is 5.91 Å². The van der Waals surface area contributed by atoms with E-state index in [0.717, 1.165) is 38.2 Å². The molecule has 0 bridgehead atoms. The summed E-state index contributed by atoms with van der Waals surface area (Å²) in [5.74, 6) is 0.191. The Kier molecular flexibility index (Phi) is 5.74. The molecule has 0 radical (unpaired) electrons. The van der Waals surface area contributed by atoms with Crippen molar-refractivity contribution < 1.29 is 4.79 Å². The first-order valence-corrected chi connectivity index (χ1v) is 9.89. The van der Waals surface area contributed by atoms with Gasteiger partial charge in [-0.3, -0.25) is 9.69 Å². The number of hydrogen-bond donors (Lipinski definition) is 2. The highest BCUT2D eigenvalue weighted by Crippen LogP contribution is 2.24. The number of nitrogens with zero attached hydrogens (tertiary/aromatic N) is 2. The van der Waals surface area contributed by atoms with E-state index in [9.17, 15) is 4.79 Å². The van der Waals surface area contributed by atoms with Gasteiger partial charge in [-0.05, 0) is 29.7 Å². The fraction of sp³-hybridized carbons (Fsp3) is 0.381. The second-order valence-corrected chi connectivity index (χ2v) is 7.66. The van der Waals surface area contributed by atoms with Crippen LogP contribution in [0.5, 0.6) is 0 Å². The zero-order chi connectivity index (χ0) is 18.6. The van der Waals surface area contributed by atoms with E-state index in [1.807, 2.05) is 35.2 Å². The van der Waals surface area contributed by atoms with Gasteiger partial charge in [-0.2, -0.15) is 0 Å². The zero-order valence-corrected chi connectivity index (χ0v) is 16.0. The summed E-state index contributed by atoms with van der Waals surface area (Å²) < 4.78 is 0. The van der Waals surface area contributed by atoms with E-state index in [4.69, 9.17) is 11.6 Å². The van der Waals surface area contributed by atoms with Crippen molar-refractivity contribution in [2.75, 3.05) is 26.2 Å². The first-order valence-electron chi connectivity index (χ1n) is 9.51. The highest BCUT2D eigenvalue weighted by Gasteiger charge is 2.32. The van der Waals surface area contributed by atoms with E-state index in [-0.39, 0.29) is 5.91 Å². The lowest BCUT2D eigenvalue weighted by atomic mass is 10.0. The van der Waals surface area contributed by atoms with Crippen molar-refractivity contribution in [2.24, 2.45) is 0 Å². The predicted octanol–water partition coefficient (Wildman–Crippen LogP) is 2.59. The summed E-state index contributed by atoms with van der Waals surface area (Å²) in [5.41, 5.74) is 9.16. The third kappa shape index (κ3) is 4.50. The van der Waals surface area contributed by atoms with Gasteiger partial charge in [0.25, 0.3) is 0 Å². The number of rotatable bonds is 4. The number of hydrazine groups is 1. The van der Waals surface area contributed by atoms with Gasteiger partial charge in [0.05, 0.1) is 12.6 Å². The van der Waals surface area contributed by atoms with Gasteiger partial charge >= 0.3 is 0 Å².